The molecule has 1 aromatic rings. The topological polar surface area (TPSA) is 153 Å². The van der Waals surface area contributed by atoms with E-state index in [1.165, 1.54) is 23.8 Å². The van der Waals surface area contributed by atoms with Crippen LogP contribution in [0.3, 0.4) is 0 Å². The molecule has 2 heterocycles. The fraction of sp³-hybridized carbons (Fsp3) is 0.571. The highest BCUT2D eigenvalue weighted by Gasteiger charge is 2.44. The van der Waals surface area contributed by atoms with E-state index in [2.05, 4.69) is 10.6 Å². The Hall–Kier alpha value is -1.98. The van der Waals surface area contributed by atoms with Crippen molar-refractivity contribution in [3.63, 3.8) is 0 Å². The third-order valence-electron chi connectivity index (χ3n) is 3.72. The van der Waals surface area contributed by atoms with Gasteiger partial charge in [-0.05, 0) is 6.07 Å². The quantitative estimate of drug-likeness (QED) is 0.354. The molecule has 0 radical (unpaired) electrons. The number of aromatic nitrogens is 1. The predicted octanol–water partition coefficient (Wildman–Crippen LogP) is -2.49. The van der Waals surface area contributed by atoms with E-state index in [0.717, 1.165) is 0 Å². The van der Waals surface area contributed by atoms with Crippen molar-refractivity contribution in [2.75, 3.05) is 11.9 Å². The molecule has 10 heteroatoms. The minimum Gasteiger partial charge on any atom is -0.394 e. The second-order valence-corrected chi connectivity index (χ2v) is 5.63. The summed E-state index contributed by atoms with van der Waals surface area (Å²) in [6, 6.07) is 1.43. The Balaban J connectivity index is 2.11. The molecule has 0 bridgehead atoms. The summed E-state index contributed by atoms with van der Waals surface area (Å²) in [5.41, 5.74) is 0.597. The molecule has 0 saturated carbocycles. The monoisotopic (exact) mass is 343 g/mol. The van der Waals surface area contributed by atoms with E-state index < -0.39 is 43.2 Å². The van der Waals surface area contributed by atoms with Gasteiger partial charge in [0.2, 0.25) is 5.91 Å². The van der Waals surface area contributed by atoms with Crippen molar-refractivity contribution in [1.82, 2.24) is 9.88 Å². The van der Waals surface area contributed by atoms with Gasteiger partial charge in [0.25, 0.3) is 5.91 Å². The van der Waals surface area contributed by atoms with E-state index in [0.29, 0.717) is 5.69 Å². The molecule has 6 N–H and O–H groups in total. The highest BCUT2D eigenvalue weighted by Crippen LogP contribution is 2.20. The molecule has 1 saturated heterocycles. The molecule has 0 aliphatic carbocycles. The number of nitrogens with one attached hydrogen (secondary N) is 2. The lowest BCUT2D eigenvalue weighted by molar-refractivity contribution is -0.233. The van der Waals surface area contributed by atoms with Gasteiger partial charge >= 0.3 is 0 Å². The molecule has 1 aliphatic rings. The van der Waals surface area contributed by atoms with E-state index >= 15 is 0 Å². The maximum atomic E-state index is 12.3. The second-order valence-electron chi connectivity index (χ2n) is 5.63. The van der Waals surface area contributed by atoms with Gasteiger partial charge in [0.15, 0.2) is 6.23 Å². The molecule has 0 spiro atoms. The Morgan fingerprint density at radius 3 is 2.50 bits per heavy atom. The second kappa shape index (κ2) is 7.28. The van der Waals surface area contributed by atoms with E-state index in [1.54, 1.807) is 7.05 Å². The number of hydrogen-bond acceptors (Lipinski definition) is 7. The van der Waals surface area contributed by atoms with Crippen molar-refractivity contribution in [3.05, 3.63) is 18.0 Å². The first-order valence-electron chi connectivity index (χ1n) is 7.30. The van der Waals surface area contributed by atoms with Gasteiger partial charge in [0.1, 0.15) is 30.1 Å². The van der Waals surface area contributed by atoms with Crippen LogP contribution in [0.2, 0.25) is 0 Å². The Morgan fingerprint density at radius 2 is 1.92 bits per heavy atom. The summed E-state index contributed by atoms with van der Waals surface area (Å²) in [5, 5.41) is 43.4. The SMILES string of the molecule is CC(=O)Nc1cc(C(=O)N[C@@H]2O[C@H](CO)[C@@H](O)[C@H](O)[C@H]2O)n(C)c1. The minimum atomic E-state index is -1.58. The normalized spacial score (nSPS) is 30.0. The van der Waals surface area contributed by atoms with Crippen molar-refractivity contribution in [2.45, 2.75) is 37.6 Å². The zero-order valence-electron chi connectivity index (χ0n) is 13.2. The third kappa shape index (κ3) is 3.74. The lowest BCUT2D eigenvalue weighted by atomic mass is 9.98. The molecular formula is C14H21N3O7. The molecule has 2 amide bonds. The van der Waals surface area contributed by atoms with Gasteiger partial charge in [0, 0.05) is 20.2 Å². The number of carbonyl (C=O) groups is 2. The lowest BCUT2D eigenvalue weighted by Crippen LogP contribution is -2.63. The van der Waals surface area contributed by atoms with E-state index in [9.17, 15) is 24.9 Å². The first-order valence-corrected chi connectivity index (χ1v) is 7.30. The van der Waals surface area contributed by atoms with Crippen LogP contribution in [-0.2, 0) is 16.6 Å². The van der Waals surface area contributed by atoms with Gasteiger partial charge in [-0.2, -0.15) is 0 Å². The molecule has 10 nitrogen and oxygen atoms in total. The van der Waals surface area contributed by atoms with Crippen LogP contribution in [0.25, 0.3) is 0 Å². The van der Waals surface area contributed by atoms with Crippen LogP contribution in [-0.4, -0.2) is 74.1 Å². The summed E-state index contributed by atoms with van der Waals surface area (Å²) < 4.78 is 6.68. The number of aliphatic hydroxyl groups excluding tert-OH is 4. The zero-order chi connectivity index (χ0) is 18.0. The summed E-state index contributed by atoms with van der Waals surface area (Å²) >= 11 is 0. The van der Waals surface area contributed by atoms with E-state index in [-0.39, 0.29) is 11.6 Å². The number of nitrogens with zero attached hydrogens (tertiary/aromatic N) is 1. The molecule has 5 atom stereocenters. The Kier molecular flexibility index (Phi) is 5.57. The summed E-state index contributed by atoms with van der Waals surface area (Å²) in [7, 11) is 1.59. The molecule has 1 aliphatic heterocycles. The highest BCUT2D eigenvalue weighted by atomic mass is 16.6. The molecular weight excluding hydrogens is 322 g/mol. The number of aryl methyl sites for hydroxylation is 1. The molecule has 134 valence electrons. The Bertz CT molecular complexity index is 616. The number of hydrogen-bond donors (Lipinski definition) is 6. The number of amides is 2. The van der Waals surface area contributed by atoms with Gasteiger partial charge in [-0.25, -0.2) is 0 Å². The highest BCUT2D eigenvalue weighted by molar-refractivity contribution is 5.96. The maximum Gasteiger partial charge on any atom is 0.270 e. The lowest BCUT2D eigenvalue weighted by Gasteiger charge is -2.40. The smallest absolute Gasteiger partial charge is 0.270 e. The summed E-state index contributed by atoms with van der Waals surface area (Å²) in [6.07, 6.45) is -5.54. The van der Waals surface area contributed by atoms with Gasteiger partial charge in [0.05, 0.1) is 12.3 Å². The third-order valence-corrected chi connectivity index (χ3v) is 3.72. The average molecular weight is 343 g/mol. The Labute approximate surface area is 137 Å². The summed E-state index contributed by atoms with van der Waals surface area (Å²) in [6.45, 7) is 0.745. The predicted molar refractivity (Wildman–Crippen MR) is 81.0 cm³/mol. The van der Waals surface area contributed by atoms with Crippen molar-refractivity contribution in [3.8, 4) is 0 Å². The van der Waals surface area contributed by atoms with E-state index in [4.69, 9.17) is 9.84 Å². The molecule has 0 unspecified atom stereocenters. The number of carbonyl (C=O) groups excluding carboxylic acids is 2. The van der Waals surface area contributed by atoms with Crippen molar-refractivity contribution in [2.24, 2.45) is 7.05 Å². The van der Waals surface area contributed by atoms with E-state index in [1.807, 2.05) is 0 Å². The van der Waals surface area contributed by atoms with Crippen LogP contribution >= 0.6 is 0 Å². The van der Waals surface area contributed by atoms with Crippen LogP contribution in [0.5, 0.6) is 0 Å². The molecule has 2 rings (SSSR count). The fourth-order valence-corrected chi connectivity index (χ4v) is 2.49. The van der Waals surface area contributed by atoms with Crippen molar-refractivity contribution >= 4 is 17.5 Å². The molecule has 1 aromatic heterocycles. The number of ether oxygens (including phenoxy) is 1. The molecule has 0 aromatic carbocycles. The summed E-state index contributed by atoms with van der Waals surface area (Å²) in [5.74, 6) is -0.917. The van der Waals surface area contributed by atoms with Gasteiger partial charge < -0.3 is 40.4 Å². The van der Waals surface area contributed by atoms with Crippen LogP contribution in [0, 0.1) is 0 Å². The number of rotatable bonds is 4. The van der Waals surface area contributed by atoms with Gasteiger partial charge in [-0.3, -0.25) is 9.59 Å². The maximum absolute atomic E-state index is 12.3. The molecule has 1 fully saturated rings. The largest absolute Gasteiger partial charge is 0.394 e. The Morgan fingerprint density at radius 1 is 1.25 bits per heavy atom. The summed E-state index contributed by atoms with van der Waals surface area (Å²) in [4.78, 5) is 23.4. The van der Waals surface area contributed by atoms with Crippen LogP contribution in [0.4, 0.5) is 5.69 Å². The molecule has 24 heavy (non-hydrogen) atoms. The van der Waals surface area contributed by atoms with Gasteiger partial charge in [-0.1, -0.05) is 0 Å². The first kappa shape index (κ1) is 18.4. The number of anilines is 1. The van der Waals surface area contributed by atoms with Crippen molar-refractivity contribution in [1.29, 1.82) is 0 Å². The van der Waals surface area contributed by atoms with Crippen LogP contribution in [0.15, 0.2) is 12.3 Å². The minimum absolute atomic E-state index is 0.177. The zero-order valence-corrected chi connectivity index (χ0v) is 13.2. The standard InChI is InChI=1S/C14H21N3O7/c1-6(19)15-7-3-8(17(2)4-7)13(23)16-14-12(22)11(21)10(20)9(5-18)24-14/h3-4,9-12,14,18,20-22H,5H2,1-2H3,(H,15,19)(H,16,23)/t9-,10-,11+,12-,14-/m1/s1. The first-order chi connectivity index (χ1) is 11.2. The van der Waals surface area contributed by atoms with Crippen LogP contribution < -0.4 is 10.6 Å². The van der Waals surface area contributed by atoms with Crippen LogP contribution in [0.1, 0.15) is 17.4 Å². The average Bonchev–Trinajstić information content (AvgIpc) is 2.87. The number of aliphatic hydroxyl groups is 4. The fourth-order valence-electron chi connectivity index (χ4n) is 2.49. The van der Waals surface area contributed by atoms with Crippen molar-refractivity contribution < 1.29 is 34.8 Å². The van der Waals surface area contributed by atoms with Gasteiger partial charge in [-0.15, -0.1) is 0 Å².